The molecule has 32 heavy (non-hydrogen) atoms. The lowest BCUT2D eigenvalue weighted by Crippen LogP contribution is -1.99. The van der Waals surface area contributed by atoms with Crippen molar-refractivity contribution in [3.63, 3.8) is 0 Å². The number of benzene rings is 3. The Kier molecular flexibility index (Phi) is 5.26. The van der Waals surface area contributed by atoms with Crippen molar-refractivity contribution < 1.29 is 9.47 Å². The number of hydrogen-bond acceptors (Lipinski definition) is 6. The molecule has 0 aliphatic heterocycles. The van der Waals surface area contributed by atoms with Gasteiger partial charge in [0.2, 0.25) is 0 Å². The summed E-state index contributed by atoms with van der Waals surface area (Å²) in [5.74, 6) is 2.30. The first-order chi connectivity index (χ1) is 15.6. The van der Waals surface area contributed by atoms with Gasteiger partial charge < -0.3 is 14.8 Å². The Morgan fingerprint density at radius 1 is 1.00 bits per heavy atom. The van der Waals surface area contributed by atoms with Gasteiger partial charge in [-0.2, -0.15) is 5.26 Å². The number of nitriles is 1. The van der Waals surface area contributed by atoms with Gasteiger partial charge in [0, 0.05) is 19.2 Å². The van der Waals surface area contributed by atoms with E-state index in [0.29, 0.717) is 27.8 Å². The quantitative estimate of drug-likeness (QED) is 0.383. The van der Waals surface area contributed by atoms with Gasteiger partial charge >= 0.3 is 0 Å². The number of halogens is 1. The molecule has 1 N–H and O–H groups in total. The Balaban J connectivity index is 1.36. The number of hydrogen-bond donors (Lipinski definition) is 1. The fourth-order valence-corrected chi connectivity index (χ4v) is 3.60. The molecule has 0 radical (unpaired) electrons. The molecular weight excluding hydrogens is 424 g/mol. The largest absolute Gasteiger partial charge is 0.487 e. The molecule has 1 fully saturated rings. The summed E-state index contributed by atoms with van der Waals surface area (Å²) in [6, 6.07) is 19.2. The first-order valence-corrected chi connectivity index (χ1v) is 10.6. The molecule has 0 atom stereocenters. The maximum Gasteiger partial charge on any atom is 0.156 e. The van der Waals surface area contributed by atoms with Crippen LogP contribution in [0.5, 0.6) is 17.2 Å². The highest BCUT2D eigenvalue weighted by atomic mass is 35.5. The molecule has 5 rings (SSSR count). The topological polar surface area (TPSA) is 80.1 Å². The Hall–Kier alpha value is -3.82. The third kappa shape index (κ3) is 4.16. The highest BCUT2D eigenvalue weighted by Crippen LogP contribution is 2.38. The van der Waals surface area contributed by atoms with Gasteiger partial charge in [-0.15, -0.1) is 0 Å². The molecule has 7 heteroatoms. The molecule has 1 aliphatic carbocycles. The lowest BCUT2D eigenvalue weighted by atomic mass is 10.0. The molecule has 0 amide bonds. The van der Waals surface area contributed by atoms with E-state index in [2.05, 4.69) is 21.4 Å². The molecule has 0 bridgehead atoms. The summed E-state index contributed by atoms with van der Waals surface area (Å²) in [6.07, 6.45) is 3.86. The van der Waals surface area contributed by atoms with Crippen LogP contribution in [-0.4, -0.2) is 23.1 Å². The van der Waals surface area contributed by atoms with Gasteiger partial charge in [0.05, 0.1) is 33.9 Å². The van der Waals surface area contributed by atoms with Crippen LogP contribution in [-0.2, 0) is 0 Å². The van der Waals surface area contributed by atoms with Gasteiger partial charge in [-0.05, 0) is 48.2 Å². The summed E-state index contributed by atoms with van der Waals surface area (Å²) >= 11 is 6.35. The fourth-order valence-electron chi connectivity index (χ4n) is 3.35. The second-order valence-corrected chi connectivity index (χ2v) is 7.95. The van der Waals surface area contributed by atoms with Gasteiger partial charge in [0.15, 0.2) is 5.75 Å². The van der Waals surface area contributed by atoms with E-state index in [4.69, 9.17) is 21.1 Å². The first kappa shape index (κ1) is 20.1. The van der Waals surface area contributed by atoms with Crippen LogP contribution < -0.4 is 14.8 Å². The molecule has 0 unspecified atom stereocenters. The van der Waals surface area contributed by atoms with Crippen molar-refractivity contribution in [3.8, 4) is 34.4 Å². The van der Waals surface area contributed by atoms with Gasteiger partial charge in [0.1, 0.15) is 23.4 Å². The number of aromatic nitrogens is 2. The zero-order chi connectivity index (χ0) is 22.1. The van der Waals surface area contributed by atoms with E-state index < -0.39 is 0 Å². The molecule has 1 aromatic heterocycles. The summed E-state index contributed by atoms with van der Waals surface area (Å²) in [5, 5.41) is 12.8. The third-order valence-electron chi connectivity index (χ3n) is 5.17. The van der Waals surface area contributed by atoms with E-state index in [0.717, 1.165) is 40.8 Å². The van der Waals surface area contributed by atoms with E-state index in [1.807, 2.05) is 49.5 Å². The van der Waals surface area contributed by atoms with Gasteiger partial charge in [0.25, 0.3) is 0 Å². The minimum atomic E-state index is 0.158. The van der Waals surface area contributed by atoms with Gasteiger partial charge in [-0.25, -0.2) is 4.98 Å². The number of fused-ring (bicyclic) bond motifs is 1. The summed E-state index contributed by atoms with van der Waals surface area (Å²) in [4.78, 5) is 8.97. The van der Waals surface area contributed by atoms with Crippen molar-refractivity contribution in [2.75, 3.05) is 12.4 Å². The maximum absolute atomic E-state index is 9.48. The van der Waals surface area contributed by atoms with Crippen LogP contribution in [0.15, 0.2) is 60.8 Å². The second-order valence-electron chi connectivity index (χ2n) is 7.55. The SMILES string of the molecule is CNc1cnc2cc(-c3ccc(Oc4cc(Cl)c(OC5CC5)c(C#N)c4)cc3)ccc2n1. The van der Waals surface area contributed by atoms with Crippen LogP contribution in [0, 0.1) is 11.3 Å². The molecule has 0 saturated heterocycles. The Morgan fingerprint density at radius 2 is 1.78 bits per heavy atom. The highest BCUT2D eigenvalue weighted by Gasteiger charge is 2.26. The fraction of sp³-hybridized carbons (Fsp3) is 0.160. The molecule has 0 spiro atoms. The third-order valence-corrected chi connectivity index (χ3v) is 5.45. The molecule has 3 aromatic carbocycles. The van der Waals surface area contributed by atoms with Crippen LogP contribution in [0.1, 0.15) is 18.4 Å². The average Bonchev–Trinajstić information content (AvgIpc) is 3.64. The number of rotatable bonds is 6. The number of nitrogens with zero attached hydrogens (tertiary/aromatic N) is 3. The minimum Gasteiger partial charge on any atom is -0.487 e. The molecule has 4 aromatic rings. The normalized spacial score (nSPS) is 12.9. The van der Waals surface area contributed by atoms with E-state index in [9.17, 15) is 5.26 Å². The van der Waals surface area contributed by atoms with Gasteiger partial charge in [-0.3, -0.25) is 4.98 Å². The van der Waals surface area contributed by atoms with Crippen molar-refractivity contribution in [1.82, 2.24) is 9.97 Å². The number of nitrogens with one attached hydrogen (secondary N) is 1. The summed E-state index contributed by atoms with van der Waals surface area (Å²) in [7, 11) is 1.82. The Bertz CT molecular complexity index is 1340. The predicted octanol–water partition coefficient (Wildman–Crippen LogP) is 6.20. The van der Waals surface area contributed by atoms with Crippen molar-refractivity contribution in [3.05, 3.63) is 71.4 Å². The number of anilines is 1. The molecule has 1 saturated carbocycles. The van der Waals surface area contributed by atoms with Crippen LogP contribution in [0.2, 0.25) is 5.02 Å². The second kappa shape index (κ2) is 8.37. The molecule has 1 aliphatic rings. The molecule has 1 heterocycles. The zero-order valence-electron chi connectivity index (χ0n) is 17.3. The minimum absolute atomic E-state index is 0.158. The van der Waals surface area contributed by atoms with Crippen molar-refractivity contribution in [2.45, 2.75) is 18.9 Å². The smallest absolute Gasteiger partial charge is 0.156 e. The Labute approximate surface area is 190 Å². The molecule has 6 nitrogen and oxygen atoms in total. The summed E-state index contributed by atoms with van der Waals surface area (Å²) in [5.41, 5.74) is 4.10. The first-order valence-electron chi connectivity index (χ1n) is 10.3. The van der Waals surface area contributed by atoms with Crippen LogP contribution in [0.3, 0.4) is 0 Å². The standard InChI is InChI=1S/C25H19ClN4O2/c1-28-24-14-29-23-11-16(4-9-22(23)30-24)15-2-5-18(6-3-15)31-20-10-17(13-27)25(21(26)12-20)32-19-7-8-19/h2-6,9-12,14,19H,7-8H2,1H3,(H,28,30). The van der Waals surface area contributed by atoms with Crippen molar-refractivity contribution in [2.24, 2.45) is 0 Å². The van der Waals surface area contributed by atoms with Crippen molar-refractivity contribution >= 4 is 28.5 Å². The average molecular weight is 443 g/mol. The number of ether oxygens (including phenoxy) is 2. The predicted molar refractivity (Wildman–Crippen MR) is 124 cm³/mol. The maximum atomic E-state index is 9.48. The van der Waals surface area contributed by atoms with Gasteiger partial charge in [-0.1, -0.05) is 29.8 Å². The van der Waals surface area contributed by atoms with Crippen LogP contribution in [0.25, 0.3) is 22.2 Å². The van der Waals surface area contributed by atoms with Crippen LogP contribution >= 0.6 is 11.6 Å². The summed E-state index contributed by atoms with van der Waals surface area (Å²) in [6.45, 7) is 0. The molecule has 158 valence electrons. The van der Waals surface area contributed by atoms with E-state index >= 15 is 0 Å². The van der Waals surface area contributed by atoms with E-state index in [1.165, 1.54) is 0 Å². The highest BCUT2D eigenvalue weighted by molar-refractivity contribution is 6.32. The van der Waals surface area contributed by atoms with E-state index in [1.54, 1.807) is 18.3 Å². The zero-order valence-corrected chi connectivity index (χ0v) is 18.1. The lowest BCUT2D eigenvalue weighted by molar-refractivity contribution is 0.302. The van der Waals surface area contributed by atoms with E-state index in [-0.39, 0.29) is 6.10 Å². The summed E-state index contributed by atoms with van der Waals surface area (Å²) < 4.78 is 11.7. The monoisotopic (exact) mass is 442 g/mol. The van der Waals surface area contributed by atoms with Crippen LogP contribution in [0.4, 0.5) is 5.82 Å². The van der Waals surface area contributed by atoms with Crippen molar-refractivity contribution in [1.29, 1.82) is 5.26 Å². The molecular formula is C25H19ClN4O2. The lowest BCUT2D eigenvalue weighted by Gasteiger charge is -2.12. The Morgan fingerprint density at radius 3 is 2.50 bits per heavy atom.